The third kappa shape index (κ3) is 6.99. The Hall–Kier alpha value is -4.81. The minimum atomic E-state index is -0.905. The molecule has 0 aliphatic heterocycles. The minimum absolute atomic E-state index is 0.0163. The lowest BCUT2D eigenvalue weighted by Crippen LogP contribution is -2.46. The molecule has 0 atom stereocenters. The summed E-state index contributed by atoms with van der Waals surface area (Å²) in [6.07, 6.45) is 5.80. The minimum Gasteiger partial charge on any atom is -0.497 e. The van der Waals surface area contributed by atoms with Crippen molar-refractivity contribution < 1.29 is 9.47 Å². The smallest absolute Gasteiger partial charge is 0.119 e. The van der Waals surface area contributed by atoms with Crippen molar-refractivity contribution in [2.75, 3.05) is 14.2 Å². The third-order valence-corrected chi connectivity index (χ3v) is 10.2. The fraction of sp³-hybridized carbons (Fsp3) is 0.108. The fourth-order valence-corrected chi connectivity index (χ4v) is 7.73. The van der Waals surface area contributed by atoms with Gasteiger partial charge in [0.05, 0.1) is 43.1 Å². The highest BCUT2D eigenvalue weighted by molar-refractivity contribution is 6.57. The van der Waals surface area contributed by atoms with E-state index < -0.39 is 9.52 Å². The molecule has 6 heteroatoms. The molecule has 0 fully saturated rings. The van der Waals surface area contributed by atoms with E-state index in [1.165, 1.54) is 16.3 Å². The summed E-state index contributed by atoms with van der Waals surface area (Å²) < 4.78 is 13.4. The molecular formula is C37H35BN2O2Si. The molecule has 1 heterocycles. The van der Waals surface area contributed by atoms with Crippen molar-refractivity contribution in [1.29, 1.82) is 0 Å². The number of benzene rings is 5. The van der Waals surface area contributed by atoms with E-state index in [1.54, 1.807) is 14.2 Å². The molecule has 6 aromatic rings. The molecule has 0 aliphatic carbocycles. The predicted molar refractivity (Wildman–Crippen MR) is 179 cm³/mol. The van der Waals surface area contributed by atoms with Crippen molar-refractivity contribution in [3.63, 3.8) is 0 Å². The first-order valence-corrected chi connectivity index (χ1v) is 15.7. The van der Waals surface area contributed by atoms with E-state index in [0.717, 1.165) is 22.6 Å². The molecule has 0 aliphatic rings. The Labute approximate surface area is 258 Å². The Morgan fingerprint density at radius 2 is 1.14 bits per heavy atom. The molecule has 0 spiro atoms. The van der Waals surface area contributed by atoms with E-state index in [-0.39, 0.29) is 11.0 Å². The van der Waals surface area contributed by atoms with E-state index in [1.807, 2.05) is 61.1 Å². The van der Waals surface area contributed by atoms with Crippen molar-refractivity contribution in [3.8, 4) is 11.5 Å². The van der Waals surface area contributed by atoms with Crippen LogP contribution >= 0.6 is 0 Å². The van der Waals surface area contributed by atoms with Crippen LogP contribution in [0.1, 0.15) is 28.1 Å². The summed E-state index contributed by atoms with van der Waals surface area (Å²) in [5.41, 5.74) is 4.66. The summed E-state index contributed by atoms with van der Waals surface area (Å²) in [7, 11) is 8.62. The highest BCUT2D eigenvalue weighted by Gasteiger charge is 2.37. The largest absolute Gasteiger partial charge is 0.497 e. The molecule has 43 heavy (non-hydrogen) atoms. The van der Waals surface area contributed by atoms with E-state index in [2.05, 4.69) is 107 Å². The highest BCUT2D eigenvalue weighted by Crippen LogP contribution is 2.36. The van der Waals surface area contributed by atoms with Crippen LogP contribution in [0.4, 0.5) is 0 Å². The van der Waals surface area contributed by atoms with E-state index >= 15 is 0 Å². The van der Waals surface area contributed by atoms with Gasteiger partial charge in [0, 0.05) is 12.4 Å². The van der Waals surface area contributed by atoms with Crippen molar-refractivity contribution in [1.82, 2.24) is 9.55 Å². The van der Waals surface area contributed by atoms with Crippen molar-refractivity contribution in [3.05, 3.63) is 181 Å². The lowest BCUT2D eigenvalue weighted by molar-refractivity contribution is 0.411. The molecule has 212 valence electrons. The quantitative estimate of drug-likeness (QED) is 0.195. The summed E-state index contributed by atoms with van der Waals surface area (Å²) in [5.74, 6) is 1.67. The number of methoxy groups -OCH3 is 2. The molecule has 2 radical (unpaired) electrons. The number of aromatic nitrogens is 2. The van der Waals surface area contributed by atoms with Gasteiger partial charge in [0.2, 0.25) is 0 Å². The van der Waals surface area contributed by atoms with Crippen LogP contribution in [-0.4, -0.2) is 41.1 Å². The number of nitrogens with zero attached hydrogens (tertiary/aromatic N) is 2. The van der Waals surface area contributed by atoms with Crippen LogP contribution in [0.15, 0.2) is 158 Å². The Kier molecular flexibility index (Phi) is 9.93. The molecule has 0 saturated carbocycles. The molecule has 1 aromatic heterocycles. The van der Waals surface area contributed by atoms with E-state index in [9.17, 15) is 0 Å². The zero-order chi connectivity index (χ0) is 29.9. The second-order valence-electron chi connectivity index (χ2n) is 10.3. The molecular weight excluding hydrogens is 543 g/mol. The summed E-state index contributed by atoms with van der Waals surface area (Å²) >= 11 is 0. The van der Waals surface area contributed by atoms with Crippen LogP contribution < -0.4 is 14.7 Å². The summed E-state index contributed by atoms with van der Waals surface area (Å²) in [6, 6.07) is 47.7. The van der Waals surface area contributed by atoms with Gasteiger partial charge < -0.3 is 14.0 Å². The van der Waals surface area contributed by atoms with Gasteiger partial charge in [-0.2, -0.15) is 0 Å². The fourth-order valence-electron chi connectivity index (χ4n) is 5.41. The number of imidazole rings is 1. The number of hydrogen-bond acceptors (Lipinski definition) is 3. The van der Waals surface area contributed by atoms with E-state index in [0.29, 0.717) is 0 Å². The summed E-state index contributed by atoms with van der Waals surface area (Å²) in [5, 5.41) is 0.993. The van der Waals surface area contributed by atoms with Gasteiger partial charge in [-0.05, 0) is 52.3 Å². The van der Waals surface area contributed by atoms with Crippen LogP contribution in [-0.2, 0) is 5.16 Å². The highest BCUT2D eigenvalue weighted by atomic mass is 28.2. The maximum Gasteiger partial charge on any atom is 0.119 e. The zero-order valence-corrected chi connectivity index (χ0v) is 26.0. The Bertz CT molecular complexity index is 1590. The second-order valence-corrected chi connectivity index (χ2v) is 12.4. The SMILES string of the molecule is COc1cccc(C([SiH2]c2ccccc2)(c2cccc(OC)c2)n2ccnc2)c1.[B]C(c1ccccc1)c1ccccc1. The topological polar surface area (TPSA) is 36.3 Å². The molecule has 4 nitrogen and oxygen atoms in total. The van der Waals surface area contributed by atoms with Crippen LogP contribution in [0.5, 0.6) is 11.5 Å². The van der Waals surface area contributed by atoms with Crippen LogP contribution in [0.3, 0.4) is 0 Å². The molecule has 5 aromatic carbocycles. The number of rotatable bonds is 9. The molecule has 0 unspecified atom stereocenters. The average molecular weight is 579 g/mol. The molecule has 0 bridgehead atoms. The number of ether oxygens (including phenoxy) is 2. The lowest BCUT2D eigenvalue weighted by atomic mass is 9.76. The molecule has 0 saturated heterocycles. The van der Waals surface area contributed by atoms with Crippen LogP contribution in [0.2, 0.25) is 0 Å². The Morgan fingerprint density at radius 3 is 1.58 bits per heavy atom. The van der Waals surface area contributed by atoms with Gasteiger partial charge >= 0.3 is 0 Å². The van der Waals surface area contributed by atoms with Gasteiger partial charge in [-0.1, -0.05) is 120 Å². The maximum atomic E-state index is 6.12. The predicted octanol–water partition coefficient (Wildman–Crippen LogP) is 6.09. The van der Waals surface area contributed by atoms with Crippen molar-refractivity contribution in [2.24, 2.45) is 0 Å². The van der Waals surface area contributed by atoms with Gasteiger partial charge in [-0.3, -0.25) is 0 Å². The Morgan fingerprint density at radius 1 is 0.651 bits per heavy atom. The normalized spacial score (nSPS) is 11.2. The summed E-state index contributed by atoms with van der Waals surface area (Å²) in [4.78, 5) is 4.39. The van der Waals surface area contributed by atoms with Crippen LogP contribution in [0, 0.1) is 0 Å². The first-order valence-electron chi connectivity index (χ1n) is 14.3. The third-order valence-electron chi connectivity index (χ3n) is 7.66. The number of hydrogen-bond donors (Lipinski definition) is 0. The van der Waals surface area contributed by atoms with E-state index in [4.69, 9.17) is 17.3 Å². The van der Waals surface area contributed by atoms with Gasteiger partial charge in [0.25, 0.3) is 0 Å². The monoisotopic (exact) mass is 578 g/mol. The molecule has 0 amide bonds. The van der Waals surface area contributed by atoms with Crippen molar-refractivity contribution in [2.45, 2.75) is 11.0 Å². The van der Waals surface area contributed by atoms with Gasteiger partial charge in [-0.25, -0.2) is 4.98 Å². The van der Waals surface area contributed by atoms with Crippen molar-refractivity contribution >= 4 is 22.6 Å². The second kappa shape index (κ2) is 14.4. The maximum absolute atomic E-state index is 6.12. The first kappa shape index (κ1) is 29.7. The van der Waals surface area contributed by atoms with Crippen LogP contribution in [0.25, 0.3) is 0 Å². The summed E-state index contributed by atoms with van der Waals surface area (Å²) in [6.45, 7) is 0. The Balaban J connectivity index is 0.000000220. The first-order chi connectivity index (χ1) is 21.1. The van der Waals surface area contributed by atoms with Gasteiger partial charge in [0.15, 0.2) is 0 Å². The van der Waals surface area contributed by atoms with Gasteiger partial charge in [-0.15, -0.1) is 0 Å². The van der Waals surface area contributed by atoms with Gasteiger partial charge in [0.1, 0.15) is 11.5 Å². The standard InChI is InChI=1S/C24H24N2O2Si.C13H11B/c1-27-21-10-6-8-19(16-21)24(26-15-14-25-18-26,29-23-12-4-3-5-13-23)20-9-7-11-22(17-20)28-2;14-13(11-7-3-1-4-8-11)12-9-5-2-6-10-12/h3-18H,29H2,1-2H3;1-10,13H. The average Bonchev–Trinajstić information content (AvgIpc) is 3.64. The molecule has 0 N–H and O–H groups in total. The zero-order valence-electron chi connectivity index (χ0n) is 24.6. The lowest BCUT2D eigenvalue weighted by Gasteiger charge is -2.37. The molecule has 6 rings (SSSR count).